The first kappa shape index (κ1) is 53.5. The van der Waals surface area contributed by atoms with Crippen molar-refractivity contribution in [2.24, 2.45) is 17.8 Å². The second-order valence-corrected chi connectivity index (χ2v) is 21.3. The van der Waals surface area contributed by atoms with E-state index in [4.69, 9.17) is 14.2 Å². The average Bonchev–Trinajstić information content (AvgIpc) is 3.44. The van der Waals surface area contributed by atoms with Crippen LogP contribution in [0.5, 0.6) is 17.2 Å². The molecular formula is C68H88O3. The Morgan fingerprint density at radius 1 is 0.282 bits per heavy atom. The molecule has 71 heavy (non-hydrogen) atoms. The Morgan fingerprint density at radius 2 is 0.521 bits per heavy atom. The van der Waals surface area contributed by atoms with Gasteiger partial charge in [0.15, 0.2) is 0 Å². The lowest BCUT2D eigenvalue weighted by Crippen LogP contribution is -2.13. The van der Waals surface area contributed by atoms with E-state index >= 15 is 0 Å². The number of ether oxygens (including phenoxy) is 3. The van der Waals surface area contributed by atoms with Gasteiger partial charge in [-0.25, -0.2) is 0 Å². The summed E-state index contributed by atoms with van der Waals surface area (Å²) in [5.41, 5.74) is 12.2. The Morgan fingerprint density at radius 3 is 0.746 bits per heavy atom. The second kappa shape index (κ2) is 28.7. The molecule has 0 aromatic heterocycles. The van der Waals surface area contributed by atoms with Gasteiger partial charge in [0.25, 0.3) is 0 Å². The lowest BCUT2D eigenvalue weighted by molar-refractivity contribution is 0.303. The topological polar surface area (TPSA) is 27.7 Å². The smallest absolute Gasteiger partial charge is 0.118 e. The van der Waals surface area contributed by atoms with Crippen LogP contribution in [0.15, 0.2) is 146 Å². The molecule has 0 heterocycles. The van der Waals surface area contributed by atoms with Gasteiger partial charge in [-0.3, -0.25) is 0 Å². The molecule has 3 fully saturated rings. The zero-order valence-corrected chi connectivity index (χ0v) is 44.7. The van der Waals surface area contributed by atoms with Crippen LogP contribution in [0.2, 0.25) is 0 Å². The number of hydrogen-bond donors (Lipinski definition) is 0. The van der Waals surface area contributed by atoms with E-state index < -0.39 is 0 Å². The van der Waals surface area contributed by atoms with Crippen LogP contribution in [0, 0.1) is 17.8 Å². The molecule has 378 valence electrons. The van der Waals surface area contributed by atoms with E-state index in [1.807, 2.05) is 36.4 Å². The summed E-state index contributed by atoms with van der Waals surface area (Å²) in [5.74, 6) is 8.00. The Kier molecular flexibility index (Phi) is 21.6. The molecule has 0 amide bonds. The van der Waals surface area contributed by atoms with Crippen molar-refractivity contribution < 1.29 is 14.2 Å². The largest absolute Gasteiger partial charge is 0.497 e. The number of hydrogen-bond acceptors (Lipinski definition) is 3. The van der Waals surface area contributed by atoms with E-state index in [1.54, 1.807) is 21.3 Å². The zero-order valence-electron chi connectivity index (χ0n) is 44.7. The zero-order chi connectivity index (χ0) is 49.6. The monoisotopic (exact) mass is 953 g/mol. The van der Waals surface area contributed by atoms with Gasteiger partial charge in [0.2, 0.25) is 0 Å². The van der Waals surface area contributed by atoms with Crippen molar-refractivity contribution in [1.82, 2.24) is 0 Å². The van der Waals surface area contributed by atoms with E-state index in [1.165, 1.54) is 178 Å². The van der Waals surface area contributed by atoms with Crippen molar-refractivity contribution in [2.75, 3.05) is 21.3 Å². The average molecular weight is 953 g/mol. The summed E-state index contributed by atoms with van der Waals surface area (Å²) in [5, 5.41) is 0. The first-order valence-electron chi connectivity index (χ1n) is 28.1. The minimum atomic E-state index is 0.771. The first-order chi connectivity index (χ1) is 34.9. The van der Waals surface area contributed by atoms with Crippen molar-refractivity contribution in [3.63, 3.8) is 0 Å². The second-order valence-electron chi connectivity index (χ2n) is 21.3. The number of rotatable bonds is 17. The molecule has 0 N–H and O–H groups in total. The normalized spacial score (nSPS) is 20.9. The highest BCUT2D eigenvalue weighted by molar-refractivity contribution is 5.66. The molecule has 0 bridgehead atoms. The highest BCUT2D eigenvalue weighted by Gasteiger charge is 2.24. The fourth-order valence-corrected chi connectivity index (χ4v) is 12.0. The van der Waals surface area contributed by atoms with Crippen LogP contribution in [-0.4, -0.2) is 21.3 Å². The summed E-state index contributed by atoms with van der Waals surface area (Å²) in [7, 11) is 5.13. The molecule has 3 nitrogen and oxygen atoms in total. The predicted molar refractivity (Wildman–Crippen MR) is 303 cm³/mol. The van der Waals surface area contributed by atoms with Gasteiger partial charge in [0.05, 0.1) is 21.3 Å². The van der Waals surface area contributed by atoms with Crippen LogP contribution < -0.4 is 14.2 Å². The third-order valence-corrected chi connectivity index (χ3v) is 16.6. The van der Waals surface area contributed by atoms with E-state index in [-0.39, 0.29) is 0 Å². The molecule has 0 saturated heterocycles. The van der Waals surface area contributed by atoms with Crippen LogP contribution >= 0.6 is 0 Å². The van der Waals surface area contributed by atoms with Crippen LogP contribution in [0.4, 0.5) is 0 Å². The molecule has 3 saturated carbocycles. The Labute approximate surface area is 431 Å². The van der Waals surface area contributed by atoms with Gasteiger partial charge < -0.3 is 14.2 Å². The molecule has 9 rings (SSSR count). The summed E-state index contributed by atoms with van der Waals surface area (Å²) >= 11 is 0. The molecule has 3 aliphatic carbocycles. The van der Waals surface area contributed by atoms with Crippen LogP contribution in [-0.2, 0) is 0 Å². The minimum Gasteiger partial charge on any atom is -0.497 e. The maximum atomic E-state index is 5.24. The fraction of sp³-hybridized carbons (Fsp3) is 0.471. The van der Waals surface area contributed by atoms with Crippen LogP contribution in [0.1, 0.15) is 184 Å². The summed E-state index contributed by atoms with van der Waals surface area (Å²) in [4.78, 5) is 0. The molecule has 0 unspecified atom stereocenters. The molecular weight excluding hydrogens is 865 g/mol. The molecule has 0 spiro atoms. The molecule has 0 aliphatic heterocycles. The van der Waals surface area contributed by atoms with Gasteiger partial charge in [-0.1, -0.05) is 181 Å². The van der Waals surface area contributed by atoms with Gasteiger partial charge in [-0.15, -0.1) is 0 Å². The van der Waals surface area contributed by atoms with Gasteiger partial charge in [-0.05, 0) is 199 Å². The highest BCUT2D eigenvalue weighted by atomic mass is 16.5. The Balaban J connectivity index is 0.000000157. The number of unbranched alkanes of at least 4 members (excludes halogenated alkanes) is 2. The number of benzene rings is 6. The van der Waals surface area contributed by atoms with Gasteiger partial charge in [-0.2, -0.15) is 0 Å². The summed E-state index contributed by atoms with van der Waals surface area (Å²) in [6.07, 6.45) is 27.9. The van der Waals surface area contributed by atoms with Crippen molar-refractivity contribution >= 4 is 0 Å². The van der Waals surface area contributed by atoms with Crippen molar-refractivity contribution in [1.29, 1.82) is 0 Å². The summed E-state index contributed by atoms with van der Waals surface area (Å²) in [6.45, 7) is 6.92. The lowest BCUT2D eigenvalue weighted by Gasteiger charge is -2.29. The van der Waals surface area contributed by atoms with Crippen molar-refractivity contribution in [2.45, 2.75) is 167 Å². The van der Waals surface area contributed by atoms with Gasteiger partial charge in [0.1, 0.15) is 17.2 Å². The lowest BCUT2D eigenvalue weighted by atomic mass is 9.77. The van der Waals surface area contributed by atoms with Gasteiger partial charge in [0, 0.05) is 0 Å². The van der Waals surface area contributed by atoms with Crippen LogP contribution in [0.3, 0.4) is 0 Å². The molecule has 0 atom stereocenters. The standard InChI is InChI=1S/C24H32O.2C22H28O/c1-3-4-5-6-19-7-9-20(10-8-19)21-11-13-22(14-12-21)23-15-17-24(25-2)18-16-23;2*1-3-4-17-5-7-18(8-6-17)19-9-11-20(12-10-19)21-13-15-22(23-2)16-14-21/h11-20H,3-10H2,1-2H3;2*9-18H,3-8H2,1-2H3. The van der Waals surface area contributed by atoms with E-state index in [2.05, 4.69) is 130 Å². The highest BCUT2D eigenvalue weighted by Crippen LogP contribution is 2.41. The molecule has 3 aliphatic rings. The summed E-state index contributed by atoms with van der Waals surface area (Å²) in [6, 6.07) is 52.7. The third kappa shape index (κ3) is 16.1. The van der Waals surface area contributed by atoms with E-state index in [9.17, 15) is 0 Å². The van der Waals surface area contributed by atoms with E-state index in [0.717, 1.165) is 52.8 Å². The maximum Gasteiger partial charge on any atom is 0.118 e. The maximum absolute atomic E-state index is 5.24. The quantitative estimate of drug-likeness (QED) is 0.0853. The molecule has 6 aromatic rings. The predicted octanol–water partition coefficient (Wildman–Crippen LogP) is 20.1. The number of methoxy groups -OCH3 is 3. The SMILES string of the molecule is CCCC1CCC(c2ccc(-c3ccc(OC)cc3)cc2)CC1.CCCC1CCC(c2ccc(-c3ccc(OC)cc3)cc2)CC1.CCCCCC1CCC(c2ccc(-c3ccc(OC)cc3)cc2)CC1. The Bertz CT molecular complexity index is 2230. The van der Waals surface area contributed by atoms with E-state index in [0.29, 0.717) is 0 Å². The molecule has 6 aromatic carbocycles. The molecule has 0 radical (unpaired) electrons. The fourth-order valence-electron chi connectivity index (χ4n) is 12.0. The molecule has 3 heteroatoms. The first-order valence-corrected chi connectivity index (χ1v) is 28.1. The third-order valence-electron chi connectivity index (χ3n) is 16.6. The van der Waals surface area contributed by atoms with Crippen molar-refractivity contribution in [3.05, 3.63) is 162 Å². The van der Waals surface area contributed by atoms with Crippen LogP contribution in [0.25, 0.3) is 33.4 Å². The van der Waals surface area contributed by atoms with Gasteiger partial charge >= 0.3 is 0 Å². The summed E-state index contributed by atoms with van der Waals surface area (Å²) < 4.78 is 15.7. The Hall–Kier alpha value is -5.28. The van der Waals surface area contributed by atoms with Crippen molar-refractivity contribution in [3.8, 4) is 50.6 Å². The minimum absolute atomic E-state index is 0.771.